The van der Waals surface area contributed by atoms with Crippen LogP contribution in [0.4, 0.5) is 27.6 Å². The molecule has 2 rings (SSSR count). The Bertz CT molecular complexity index is 792. The standard InChI is InChI=1S/C17H13F5N2O3/c18-16(19)27-13-4-2-1-3-11(13)5-7-14(25)24-12-6-8-15(23-9-12)26-10-17(20,21)22/h1-9,16H,10H2,(H,24,25)/b7-5+. The van der Waals surface area contributed by atoms with E-state index in [1.165, 1.54) is 30.3 Å². The monoisotopic (exact) mass is 388 g/mol. The molecule has 0 aliphatic heterocycles. The normalized spacial score (nSPS) is 11.6. The third-order valence-electron chi connectivity index (χ3n) is 2.94. The van der Waals surface area contributed by atoms with Gasteiger partial charge in [0.2, 0.25) is 11.8 Å². The van der Waals surface area contributed by atoms with Gasteiger partial charge in [-0.2, -0.15) is 22.0 Å². The molecule has 0 unspecified atom stereocenters. The van der Waals surface area contributed by atoms with E-state index in [-0.39, 0.29) is 22.9 Å². The van der Waals surface area contributed by atoms with Crippen LogP contribution in [0.5, 0.6) is 11.6 Å². The number of pyridine rings is 1. The fourth-order valence-electron chi connectivity index (χ4n) is 1.87. The van der Waals surface area contributed by atoms with Crippen LogP contribution in [-0.4, -0.2) is 30.3 Å². The van der Waals surface area contributed by atoms with Crippen LogP contribution in [0.1, 0.15) is 5.56 Å². The van der Waals surface area contributed by atoms with E-state index in [1.807, 2.05) is 0 Å². The van der Waals surface area contributed by atoms with Crippen LogP contribution in [0.2, 0.25) is 0 Å². The molecular weight excluding hydrogens is 375 g/mol. The summed E-state index contributed by atoms with van der Waals surface area (Å²) in [7, 11) is 0. The van der Waals surface area contributed by atoms with Gasteiger partial charge in [-0.3, -0.25) is 4.79 Å². The summed E-state index contributed by atoms with van der Waals surface area (Å²) in [6.07, 6.45) is -1.00. The zero-order chi connectivity index (χ0) is 19.9. The molecule has 0 aliphatic carbocycles. The average Bonchev–Trinajstić information content (AvgIpc) is 2.59. The number of aromatic nitrogens is 1. The summed E-state index contributed by atoms with van der Waals surface area (Å²) in [5.41, 5.74) is 0.475. The van der Waals surface area contributed by atoms with Crippen LogP contribution in [0.25, 0.3) is 6.08 Å². The lowest BCUT2D eigenvalue weighted by Crippen LogP contribution is -2.19. The van der Waals surface area contributed by atoms with Crippen molar-refractivity contribution in [1.82, 2.24) is 4.98 Å². The predicted molar refractivity (Wildman–Crippen MR) is 86.5 cm³/mol. The molecule has 144 valence electrons. The van der Waals surface area contributed by atoms with E-state index in [4.69, 9.17) is 0 Å². The van der Waals surface area contributed by atoms with Gasteiger partial charge >= 0.3 is 12.8 Å². The number of carbonyl (C=O) groups excluding carboxylic acids is 1. The second-order valence-electron chi connectivity index (χ2n) is 5.03. The van der Waals surface area contributed by atoms with Crippen LogP contribution in [0.15, 0.2) is 48.7 Å². The summed E-state index contributed by atoms with van der Waals surface area (Å²) < 4.78 is 69.6. The Balaban J connectivity index is 1.95. The third-order valence-corrected chi connectivity index (χ3v) is 2.94. The maximum Gasteiger partial charge on any atom is 0.422 e. The number of rotatable bonds is 7. The Morgan fingerprint density at radius 3 is 2.56 bits per heavy atom. The molecule has 1 amide bonds. The van der Waals surface area contributed by atoms with Crippen LogP contribution in [0.3, 0.4) is 0 Å². The zero-order valence-corrected chi connectivity index (χ0v) is 13.5. The number of amides is 1. The molecule has 1 N–H and O–H groups in total. The average molecular weight is 388 g/mol. The maximum absolute atomic E-state index is 12.3. The summed E-state index contributed by atoms with van der Waals surface area (Å²) in [6.45, 7) is -4.48. The van der Waals surface area contributed by atoms with Gasteiger partial charge in [0.05, 0.1) is 11.9 Å². The Kier molecular flexibility index (Phi) is 6.69. The first-order valence-electron chi connectivity index (χ1n) is 7.41. The SMILES string of the molecule is O=C(/C=C/c1ccccc1OC(F)F)Nc1ccc(OCC(F)(F)F)nc1. The second kappa shape index (κ2) is 8.97. The number of hydrogen-bond donors (Lipinski definition) is 1. The van der Waals surface area contributed by atoms with E-state index < -0.39 is 25.3 Å². The van der Waals surface area contributed by atoms with Gasteiger partial charge in [0.1, 0.15) is 5.75 Å². The molecule has 1 heterocycles. The molecule has 0 spiro atoms. The summed E-state index contributed by atoms with van der Waals surface area (Å²) >= 11 is 0. The largest absolute Gasteiger partial charge is 0.468 e. The van der Waals surface area contributed by atoms with E-state index >= 15 is 0 Å². The smallest absolute Gasteiger partial charge is 0.422 e. The van der Waals surface area contributed by atoms with Gasteiger partial charge in [0, 0.05) is 17.7 Å². The van der Waals surface area contributed by atoms with E-state index in [9.17, 15) is 26.7 Å². The molecular formula is C17H13F5N2O3. The Morgan fingerprint density at radius 1 is 1.19 bits per heavy atom. The molecule has 2 aromatic rings. The highest BCUT2D eigenvalue weighted by Crippen LogP contribution is 2.22. The van der Waals surface area contributed by atoms with Crippen molar-refractivity contribution in [3.05, 3.63) is 54.2 Å². The molecule has 0 saturated carbocycles. The van der Waals surface area contributed by atoms with Crippen molar-refractivity contribution in [2.75, 3.05) is 11.9 Å². The molecule has 10 heteroatoms. The number of anilines is 1. The molecule has 0 saturated heterocycles. The fourth-order valence-corrected chi connectivity index (χ4v) is 1.87. The first kappa shape index (κ1) is 20.1. The lowest BCUT2D eigenvalue weighted by molar-refractivity contribution is -0.154. The summed E-state index contributed by atoms with van der Waals surface area (Å²) in [5, 5.41) is 2.42. The minimum atomic E-state index is -4.48. The minimum Gasteiger partial charge on any atom is -0.468 e. The molecule has 1 aromatic heterocycles. The van der Waals surface area contributed by atoms with Crippen LogP contribution < -0.4 is 14.8 Å². The number of ether oxygens (including phenoxy) is 2. The fraction of sp³-hybridized carbons (Fsp3) is 0.176. The Labute approximate surface area is 150 Å². The van der Waals surface area contributed by atoms with Crippen molar-refractivity contribution >= 4 is 17.7 Å². The predicted octanol–water partition coefficient (Wildman–Crippen LogP) is 4.28. The maximum atomic E-state index is 12.3. The van der Waals surface area contributed by atoms with Crippen molar-refractivity contribution in [1.29, 1.82) is 0 Å². The first-order chi connectivity index (χ1) is 12.7. The molecule has 1 aromatic carbocycles. The van der Waals surface area contributed by atoms with Crippen LogP contribution in [-0.2, 0) is 4.79 Å². The topological polar surface area (TPSA) is 60.5 Å². The summed E-state index contributed by atoms with van der Waals surface area (Å²) in [6, 6.07) is 8.36. The molecule has 27 heavy (non-hydrogen) atoms. The number of nitrogens with one attached hydrogen (secondary N) is 1. The van der Waals surface area contributed by atoms with Gasteiger partial charge in [-0.15, -0.1) is 0 Å². The van der Waals surface area contributed by atoms with Crippen molar-refractivity contribution in [3.63, 3.8) is 0 Å². The molecule has 5 nitrogen and oxygen atoms in total. The highest BCUT2D eigenvalue weighted by molar-refractivity contribution is 6.02. The highest BCUT2D eigenvalue weighted by Gasteiger charge is 2.28. The lowest BCUT2D eigenvalue weighted by atomic mass is 10.2. The van der Waals surface area contributed by atoms with E-state index in [1.54, 1.807) is 6.07 Å². The van der Waals surface area contributed by atoms with Crippen LogP contribution in [0, 0.1) is 0 Å². The Morgan fingerprint density at radius 2 is 1.93 bits per heavy atom. The highest BCUT2D eigenvalue weighted by atomic mass is 19.4. The van der Waals surface area contributed by atoms with E-state index in [2.05, 4.69) is 19.8 Å². The van der Waals surface area contributed by atoms with Gasteiger partial charge in [0.25, 0.3) is 0 Å². The van der Waals surface area contributed by atoms with Crippen LogP contribution >= 0.6 is 0 Å². The number of para-hydroxylation sites is 1. The number of hydrogen-bond acceptors (Lipinski definition) is 4. The number of benzene rings is 1. The molecule has 0 bridgehead atoms. The van der Waals surface area contributed by atoms with Gasteiger partial charge in [-0.1, -0.05) is 18.2 Å². The van der Waals surface area contributed by atoms with Crippen molar-refractivity contribution < 1.29 is 36.2 Å². The second-order valence-corrected chi connectivity index (χ2v) is 5.03. The lowest BCUT2D eigenvalue weighted by Gasteiger charge is -2.09. The molecule has 0 fully saturated rings. The quantitative estimate of drug-likeness (QED) is 0.568. The van der Waals surface area contributed by atoms with Crippen molar-refractivity contribution in [3.8, 4) is 11.6 Å². The molecule has 0 radical (unpaired) electrons. The molecule has 0 aliphatic rings. The first-order valence-corrected chi connectivity index (χ1v) is 7.41. The van der Waals surface area contributed by atoms with Gasteiger partial charge in [-0.25, -0.2) is 4.98 Å². The summed E-state index contributed by atoms with van der Waals surface area (Å²) in [4.78, 5) is 15.5. The molecule has 0 atom stereocenters. The number of nitrogens with zero attached hydrogens (tertiary/aromatic N) is 1. The van der Waals surface area contributed by atoms with E-state index in [0.29, 0.717) is 0 Å². The van der Waals surface area contributed by atoms with Crippen molar-refractivity contribution in [2.45, 2.75) is 12.8 Å². The van der Waals surface area contributed by atoms with Gasteiger partial charge in [0.15, 0.2) is 6.61 Å². The summed E-state index contributed by atoms with van der Waals surface area (Å²) in [5.74, 6) is -0.948. The third kappa shape index (κ3) is 7.30. The number of carbonyl (C=O) groups is 1. The zero-order valence-electron chi connectivity index (χ0n) is 13.5. The van der Waals surface area contributed by atoms with Gasteiger partial charge < -0.3 is 14.8 Å². The minimum absolute atomic E-state index is 0.0932. The number of alkyl halides is 5. The van der Waals surface area contributed by atoms with Gasteiger partial charge in [-0.05, 0) is 18.2 Å². The van der Waals surface area contributed by atoms with Crippen molar-refractivity contribution in [2.24, 2.45) is 0 Å². The van der Waals surface area contributed by atoms with E-state index in [0.717, 1.165) is 18.3 Å². The number of halogens is 5. The Hall–Kier alpha value is -3.17.